The predicted molar refractivity (Wildman–Crippen MR) is 100 cm³/mol. The number of hydrogen-bond donors (Lipinski definition) is 1. The van der Waals surface area contributed by atoms with Crippen LogP contribution >= 0.6 is 11.8 Å². The standard InChI is InChI=1S/C19H24N4O2S/c1-12(18(24)20-11-14-5-3-4-6-16(14)25-2)26-19-22-21-17(13-7-8-13)23(19)15-9-10-15/h3-6,12-13,15H,7-11H2,1-2H3,(H,20,24). The zero-order chi connectivity index (χ0) is 18.1. The van der Waals surface area contributed by atoms with Crippen molar-refractivity contribution in [3.8, 4) is 5.75 Å². The van der Waals surface area contributed by atoms with Crippen molar-refractivity contribution in [2.24, 2.45) is 0 Å². The zero-order valence-corrected chi connectivity index (χ0v) is 16.0. The first-order chi connectivity index (χ1) is 12.7. The van der Waals surface area contributed by atoms with Crippen LogP contribution in [0.4, 0.5) is 0 Å². The molecular formula is C19H24N4O2S. The average molecular weight is 372 g/mol. The lowest BCUT2D eigenvalue weighted by atomic mass is 10.2. The summed E-state index contributed by atoms with van der Waals surface area (Å²) in [5, 5.41) is 12.5. The first-order valence-electron chi connectivity index (χ1n) is 9.18. The molecule has 1 aromatic heterocycles. The Bertz CT molecular complexity index is 799. The first-order valence-corrected chi connectivity index (χ1v) is 10.1. The number of nitrogens with zero attached hydrogens (tertiary/aromatic N) is 3. The predicted octanol–water partition coefficient (Wildman–Crippen LogP) is 3.30. The Morgan fingerprint density at radius 3 is 2.77 bits per heavy atom. The highest BCUT2D eigenvalue weighted by atomic mass is 32.2. The van der Waals surface area contributed by atoms with E-state index in [0.29, 0.717) is 18.5 Å². The van der Waals surface area contributed by atoms with Gasteiger partial charge >= 0.3 is 0 Å². The Kier molecular flexibility index (Phi) is 4.89. The van der Waals surface area contributed by atoms with Gasteiger partial charge in [0.25, 0.3) is 0 Å². The number of para-hydroxylation sites is 1. The van der Waals surface area contributed by atoms with Crippen molar-refractivity contribution in [3.05, 3.63) is 35.7 Å². The molecule has 4 rings (SSSR count). The Morgan fingerprint density at radius 2 is 2.08 bits per heavy atom. The number of hydrogen-bond acceptors (Lipinski definition) is 5. The SMILES string of the molecule is COc1ccccc1CNC(=O)C(C)Sc1nnc(C2CC2)n1C1CC1. The quantitative estimate of drug-likeness (QED) is 0.720. The first kappa shape index (κ1) is 17.4. The average Bonchev–Trinajstić information content (AvgIpc) is 3.58. The van der Waals surface area contributed by atoms with E-state index in [4.69, 9.17) is 4.74 Å². The molecule has 1 aromatic carbocycles. The van der Waals surface area contributed by atoms with Gasteiger partial charge in [0.05, 0.1) is 12.4 Å². The summed E-state index contributed by atoms with van der Waals surface area (Å²) in [4.78, 5) is 12.5. The van der Waals surface area contributed by atoms with Crippen molar-refractivity contribution in [3.63, 3.8) is 0 Å². The van der Waals surface area contributed by atoms with E-state index >= 15 is 0 Å². The summed E-state index contributed by atoms with van der Waals surface area (Å²) in [6.07, 6.45) is 4.81. The molecule has 0 radical (unpaired) electrons. The molecule has 6 nitrogen and oxygen atoms in total. The van der Waals surface area contributed by atoms with E-state index in [1.807, 2.05) is 31.2 Å². The van der Waals surface area contributed by atoms with E-state index in [2.05, 4.69) is 20.1 Å². The normalized spacial score (nSPS) is 17.8. The Morgan fingerprint density at radius 1 is 1.31 bits per heavy atom. The molecule has 2 aliphatic carbocycles. The summed E-state index contributed by atoms with van der Waals surface area (Å²) in [5.41, 5.74) is 0.970. The third kappa shape index (κ3) is 3.72. The van der Waals surface area contributed by atoms with Crippen molar-refractivity contribution in [1.82, 2.24) is 20.1 Å². The lowest BCUT2D eigenvalue weighted by Crippen LogP contribution is -2.30. The van der Waals surface area contributed by atoms with E-state index in [-0.39, 0.29) is 11.2 Å². The van der Waals surface area contributed by atoms with E-state index in [0.717, 1.165) is 22.3 Å². The fourth-order valence-electron chi connectivity index (χ4n) is 3.05. The maximum absolute atomic E-state index is 12.5. The Labute approximate surface area is 157 Å². The van der Waals surface area contributed by atoms with Gasteiger partial charge in [-0.15, -0.1) is 10.2 Å². The molecule has 1 atom stereocenters. The van der Waals surface area contributed by atoms with Gasteiger partial charge in [-0.25, -0.2) is 0 Å². The number of methoxy groups -OCH3 is 1. The summed E-state index contributed by atoms with van der Waals surface area (Å²) < 4.78 is 7.62. The van der Waals surface area contributed by atoms with Gasteiger partial charge in [0, 0.05) is 24.1 Å². The number of carbonyl (C=O) groups is 1. The van der Waals surface area contributed by atoms with Gasteiger partial charge in [-0.3, -0.25) is 4.79 Å². The minimum absolute atomic E-state index is 0.000718. The summed E-state index contributed by atoms with van der Waals surface area (Å²) in [6.45, 7) is 2.38. The van der Waals surface area contributed by atoms with Gasteiger partial charge < -0.3 is 14.6 Å². The number of benzene rings is 1. The number of carbonyl (C=O) groups excluding carboxylic acids is 1. The Hall–Kier alpha value is -2.02. The van der Waals surface area contributed by atoms with Crippen molar-refractivity contribution in [1.29, 1.82) is 0 Å². The second kappa shape index (κ2) is 7.31. The lowest BCUT2D eigenvalue weighted by Gasteiger charge is -2.14. The van der Waals surface area contributed by atoms with Crippen LogP contribution in [0, 0.1) is 0 Å². The van der Waals surface area contributed by atoms with Gasteiger partial charge in [-0.05, 0) is 38.7 Å². The Balaban J connectivity index is 1.39. The second-order valence-corrected chi connectivity index (χ2v) is 8.31. The van der Waals surface area contributed by atoms with Crippen molar-refractivity contribution in [2.45, 2.75) is 61.5 Å². The molecule has 2 fully saturated rings. The lowest BCUT2D eigenvalue weighted by molar-refractivity contribution is -0.120. The van der Waals surface area contributed by atoms with E-state index < -0.39 is 0 Å². The molecule has 2 saturated carbocycles. The van der Waals surface area contributed by atoms with Crippen molar-refractivity contribution in [2.75, 3.05) is 7.11 Å². The number of ether oxygens (including phenoxy) is 1. The fourth-order valence-corrected chi connectivity index (χ4v) is 4.00. The molecule has 2 aliphatic rings. The summed E-state index contributed by atoms with van der Waals surface area (Å²) in [6, 6.07) is 8.26. The van der Waals surface area contributed by atoms with Crippen LogP contribution in [0.3, 0.4) is 0 Å². The highest BCUT2D eigenvalue weighted by molar-refractivity contribution is 8.00. The van der Waals surface area contributed by atoms with E-state index in [1.54, 1.807) is 7.11 Å². The second-order valence-electron chi connectivity index (χ2n) is 7.01. The van der Waals surface area contributed by atoms with Crippen LogP contribution in [-0.2, 0) is 11.3 Å². The molecule has 1 heterocycles. The van der Waals surface area contributed by atoms with Crippen LogP contribution in [-0.4, -0.2) is 33.0 Å². The van der Waals surface area contributed by atoms with Gasteiger partial charge in [0.2, 0.25) is 5.91 Å². The molecule has 1 N–H and O–H groups in total. The summed E-state index contributed by atoms with van der Waals surface area (Å²) >= 11 is 1.50. The largest absolute Gasteiger partial charge is 0.496 e. The summed E-state index contributed by atoms with van der Waals surface area (Å²) in [7, 11) is 1.64. The molecular weight excluding hydrogens is 348 g/mol. The molecule has 7 heteroatoms. The number of nitrogens with one attached hydrogen (secondary N) is 1. The minimum atomic E-state index is -0.224. The zero-order valence-electron chi connectivity index (χ0n) is 15.1. The van der Waals surface area contributed by atoms with Crippen LogP contribution in [0.2, 0.25) is 0 Å². The highest BCUT2D eigenvalue weighted by Gasteiger charge is 2.37. The van der Waals surface area contributed by atoms with E-state index in [1.165, 1.54) is 37.4 Å². The number of amides is 1. The van der Waals surface area contributed by atoms with Crippen LogP contribution in [0.1, 0.15) is 56.0 Å². The molecule has 26 heavy (non-hydrogen) atoms. The fraction of sp³-hybridized carbons (Fsp3) is 0.526. The van der Waals surface area contributed by atoms with E-state index in [9.17, 15) is 4.79 Å². The van der Waals surface area contributed by atoms with Crippen LogP contribution in [0.25, 0.3) is 0 Å². The maximum atomic E-state index is 12.5. The molecule has 138 valence electrons. The number of thioether (sulfide) groups is 1. The molecule has 1 amide bonds. The molecule has 0 spiro atoms. The number of aromatic nitrogens is 3. The third-order valence-corrected chi connectivity index (χ3v) is 5.90. The van der Waals surface area contributed by atoms with Gasteiger partial charge in [-0.2, -0.15) is 0 Å². The number of rotatable bonds is 8. The van der Waals surface area contributed by atoms with Crippen LogP contribution < -0.4 is 10.1 Å². The molecule has 0 saturated heterocycles. The summed E-state index contributed by atoms with van der Waals surface area (Å²) in [5.74, 6) is 2.48. The third-order valence-electron chi connectivity index (χ3n) is 4.84. The highest BCUT2D eigenvalue weighted by Crippen LogP contribution is 2.46. The monoisotopic (exact) mass is 372 g/mol. The van der Waals surface area contributed by atoms with Gasteiger partial charge in [0.15, 0.2) is 5.16 Å². The molecule has 0 aliphatic heterocycles. The topological polar surface area (TPSA) is 69.0 Å². The minimum Gasteiger partial charge on any atom is -0.496 e. The molecule has 0 bridgehead atoms. The van der Waals surface area contributed by atoms with Gasteiger partial charge in [-0.1, -0.05) is 30.0 Å². The molecule has 1 unspecified atom stereocenters. The van der Waals surface area contributed by atoms with Crippen LogP contribution in [0.15, 0.2) is 29.4 Å². The van der Waals surface area contributed by atoms with Crippen LogP contribution in [0.5, 0.6) is 5.75 Å². The van der Waals surface area contributed by atoms with Crippen molar-refractivity contribution < 1.29 is 9.53 Å². The smallest absolute Gasteiger partial charge is 0.233 e. The van der Waals surface area contributed by atoms with Crippen molar-refractivity contribution >= 4 is 17.7 Å². The molecule has 2 aromatic rings. The maximum Gasteiger partial charge on any atom is 0.233 e. The van der Waals surface area contributed by atoms with Gasteiger partial charge in [0.1, 0.15) is 11.6 Å².